The number of hydrogen-bond donors (Lipinski definition) is 0. The summed E-state index contributed by atoms with van der Waals surface area (Å²) in [6.07, 6.45) is 4.43. The van der Waals surface area contributed by atoms with Crippen LogP contribution in [0.15, 0.2) is 12.2 Å². The Bertz CT molecular complexity index is 220. The van der Waals surface area contributed by atoms with Gasteiger partial charge in [0.05, 0.1) is 0 Å². The highest BCUT2D eigenvalue weighted by Crippen LogP contribution is 2.24. The summed E-state index contributed by atoms with van der Waals surface area (Å²) in [5.74, 6) is -0.212. The summed E-state index contributed by atoms with van der Waals surface area (Å²) >= 11 is 0. The molecule has 0 aromatic heterocycles. The van der Waals surface area contributed by atoms with E-state index in [1.165, 1.54) is 19.3 Å². The lowest BCUT2D eigenvalue weighted by Crippen LogP contribution is -2.38. The summed E-state index contributed by atoms with van der Waals surface area (Å²) in [6.45, 7) is 5.80. The van der Waals surface area contributed by atoms with Gasteiger partial charge in [0.25, 0.3) is 0 Å². The second kappa shape index (κ2) is 4.80. The van der Waals surface area contributed by atoms with Crippen molar-refractivity contribution in [2.24, 2.45) is 0 Å². The fraction of sp³-hybridized carbons (Fsp3) is 0.700. The van der Waals surface area contributed by atoms with Crippen molar-refractivity contribution in [3.8, 4) is 0 Å². The van der Waals surface area contributed by atoms with Crippen LogP contribution in [0.25, 0.3) is 0 Å². The molecule has 4 heteroatoms. The predicted molar refractivity (Wildman–Crippen MR) is 56.3 cm³/mol. The maximum Gasteiger partial charge on any atom is 0.335 e. The Kier molecular flexibility index (Phi) is 3.96. The molecule has 2 aliphatic rings. The highest BCUT2D eigenvalue weighted by molar-refractivity contribution is 5.89. The van der Waals surface area contributed by atoms with Gasteiger partial charge in [0.15, 0.2) is 6.23 Å². The van der Waals surface area contributed by atoms with Crippen LogP contribution in [0, 0.1) is 0 Å². The van der Waals surface area contributed by atoms with Crippen LogP contribution in [0.2, 0.25) is 0 Å². The van der Waals surface area contributed by atoms with Gasteiger partial charge < -0.3 is 4.74 Å². The number of piperidine rings is 1. The number of likely N-dealkylation sites (tertiary alicyclic amines) is 1. The zero-order valence-electron chi connectivity index (χ0n) is 8.20. The molecule has 2 heterocycles. The van der Waals surface area contributed by atoms with Crippen LogP contribution in [-0.2, 0) is 9.53 Å². The van der Waals surface area contributed by atoms with Crippen molar-refractivity contribution in [1.29, 1.82) is 0 Å². The summed E-state index contributed by atoms with van der Waals surface area (Å²) in [5.41, 5.74) is 0.621. The van der Waals surface area contributed by atoms with E-state index in [-0.39, 0.29) is 24.6 Å². The highest BCUT2D eigenvalue weighted by atomic mass is 35.5. The minimum absolute atomic E-state index is 0. The predicted octanol–water partition coefficient (Wildman–Crippen LogP) is 1.72. The Morgan fingerprint density at radius 2 is 1.93 bits per heavy atom. The van der Waals surface area contributed by atoms with Crippen molar-refractivity contribution < 1.29 is 9.53 Å². The third kappa shape index (κ3) is 2.28. The van der Waals surface area contributed by atoms with E-state index >= 15 is 0 Å². The fourth-order valence-electron chi connectivity index (χ4n) is 1.95. The van der Waals surface area contributed by atoms with Gasteiger partial charge in [0, 0.05) is 25.1 Å². The Labute approximate surface area is 90.5 Å². The van der Waals surface area contributed by atoms with Gasteiger partial charge in [-0.25, -0.2) is 4.79 Å². The molecule has 0 N–H and O–H groups in total. The molecule has 0 aromatic carbocycles. The van der Waals surface area contributed by atoms with Gasteiger partial charge in [0.2, 0.25) is 0 Å². The van der Waals surface area contributed by atoms with E-state index < -0.39 is 0 Å². The lowest BCUT2D eigenvalue weighted by atomic mass is 10.1. The zero-order chi connectivity index (χ0) is 9.26. The number of esters is 1. The highest BCUT2D eigenvalue weighted by Gasteiger charge is 2.32. The van der Waals surface area contributed by atoms with Crippen molar-refractivity contribution in [3.05, 3.63) is 12.2 Å². The molecule has 0 spiro atoms. The van der Waals surface area contributed by atoms with E-state index in [4.69, 9.17) is 4.74 Å². The molecule has 2 saturated heterocycles. The first-order valence-electron chi connectivity index (χ1n) is 4.90. The number of carbonyl (C=O) groups excluding carboxylic acids is 1. The van der Waals surface area contributed by atoms with Crippen LogP contribution in [0.5, 0.6) is 0 Å². The van der Waals surface area contributed by atoms with Gasteiger partial charge in [-0.1, -0.05) is 13.0 Å². The molecule has 2 rings (SSSR count). The van der Waals surface area contributed by atoms with Gasteiger partial charge in [-0.2, -0.15) is 0 Å². The molecule has 0 aromatic rings. The number of halogens is 1. The van der Waals surface area contributed by atoms with Crippen LogP contribution in [0.3, 0.4) is 0 Å². The van der Waals surface area contributed by atoms with Gasteiger partial charge >= 0.3 is 5.97 Å². The third-order valence-electron chi connectivity index (χ3n) is 2.75. The van der Waals surface area contributed by atoms with E-state index in [9.17, 15) is 4.79 Å². The number of cyclic esters (lactones) is 1. The first-order chi connectivity index (χ1) is 6.27. The maximum atomic E-state index is 11.1. The molecule has 3 nitrogen and oxygen atoms in total. The number of ether oxygens (including phenoxy) is 1. The Balaban J connectivity index is 0.000000980. The summed E-state index contributed by atoms with van der Waals surface area (Å²) < 4.78 is 5.20. The molecular formula is C10H16ClNO2. The van der Waals surface area contributed by atoms with Crippen molar-refractivity contribution in [2.45, 2.75) is 31.9 Å². The largest absolute Gasteiger partial charge is 0.443 e. The summed E-state index contributed by atoms with van der Waals surface area (Å²) in [4.78, 5) is 13.3. The second-order valence-electron chi connectivity index (χ2n) is 3.76. The average molecular weight is 218 g/mol. The van der Waals surface area contributed by atoms with Gasteiger partial charge in [-0.15, -0.1) is 12.4 Å². The van der Waals surface area contributed by atoms with Crippen LogP contribution in [0.1, 0.15) is 25.7 Å². The van der Waals surface area contributed by atoms with E-state index in [1.807, 2.05) is 0 Å². The average Bonchev–Trinajstić information content (AvgIpc) is 2.49. The fourth-order valence-corrected chi connectivity index (χ4v) is 1.95. The molecule has 0 bridgehead atoms. The first kappa shape index (κ1) is 11.5. The van der Waals surface area contributed by atoms with Crippen LogP contribution in [-0.4, -0.2) is 30.2 Å². The zero-order valence-corrected chi connectivity index (χ0v) is 9.02. The molecule has 1 unspecified atom stereocenters. The van der Waals surface area contributed by atoms with Crippen molar-refractivity contribution in [1.82, 2.24) is 4.90 Å². The molecule has 2 aliphatic heterocycles. The number of hydrogen-bond acceptors (Lipinski definition) is 3. The van der Waals surface area contributed by atoms with Gasteiger partial charge in [-0.3, -0.25) is 4.90 Å². The number of rotatable bonds is 1. The van der Waals surface area contributed by atoms with E-state index in [0.29, 0.717) is 12.0 Å². The number of nitrogens with zero attached hydrogens (tertiary/aromatic N) is 1. The van der Waals surface area contributed by atoms with Crippen molar-refractivity contribution in [3.63, 3.8) is 0 Å². The molecule has 0 radical (unpaired) electrons. The minimum Gasteiger partial charge on any atom is -0.443 e. The Morgan fingerprint density at radius 3 is 2.43 bits per heavy atom. The molecule has 80 valence electrons. The summed E-state index contributed by atoms with van der Waals surface area (Å²) in [7, 11) is 0. The molecule has 0 saturated carbocycles. The second-order valence-corrected chi connectivity index (χ2v) is 3.76. The van der Waals surface area contributed by atoms with Crippen LogP contribution >= 0.6 is 12.4 Å². The van der Waals surface area contributed by atoms with E-state index in [2.05, 4.69) is 11.5 Å². The SMILES string of the molecule is C=C1CC(N2CCCCC2)OC1=O.Cl. The molecule has 0 amide bonds. The molecule has 1 atom stereocenters. The maximum absolute atomic E-state index is 11.1. The Morgan fingerprint density at radius 1 is 1.29 bits per heavy atom. The van der Waals surface area contributed by atoms with E-state index in [0.717, 1.165) is 13.1 Å². The van der Waals surface area contributed by atoms with Crippen LogP contribution in [0.4, 0.5) is 0 Å². The Hall–Kier alpha value is -0.540. The molecule has 14 heavy (non-hydrogen) atoms. The van der Waals surface area contributed by atoms with Crippen molar-refractivity contribution in [2.75, 3.05) is 13.1 Å². The molecule has 0 aliphatic carbocycles. The molecule has 2 fully saturated rings. The quantitative estimate of drug-likeness (QED) is 0.495. The normalized spacial score (nSPS) is 28.4. The summed E-state index contributed by atoms with van der Waals surface area (Å²) in [6, 6.07) is 0. The van der Waals surface area contributed by atoms with Crippen LogP contribution < -0.4 is 0 Å². The summed E-state index contributed by atoms with van der Waals surface area (Å²) in [5, 5.41) is 0. The number of carbonyl (C=O) groups is 1. The first-order valence-corrected chi connectivity index (χ1v) is 4.90. The van der Waals surface area contributed by atoms with Gasteiger partial charge in [0.1, 0.15) is 0 Å². The van der Waals surface area contributed by atoms with Crippen molar-refractivity contribution >= 4 is 18.4 Å². The van der Waals surface area contributed by atoms with E-state index in [1.54, 1.807) is 0 Å². The van der Waals surface area contributed by atoms with Gasteiger partial charge in [-0.05, 0) is 12.8 Å². The smallest absolute Gasteiger partial charge is 0.335 e. The molecular weight excluding hydrogens is 202 g/mol. The lowest BCUT2D eigenvalue weighted by molar-refractivity contribution is -0.146. The lowest BCUT2D eigenvalue weighted by Gasteiger charge is -2.30. The topological polar surface area (TPSA) is 29.5 Å². The monoisotopic (exact) mass is 217 g/mol. The minimum atomic E-state index is -0.212. The third-order valence-corrected chi connectivity index (χ3v) is 2.75. The standard InChI is InChI=1S/C10H15NO2.ClH/c1-8-7-9(13-10(8)12)11-5-3-2-4-6-11;/h9H,1-7H2;1H.